The van der Waals surface area contributed by atoms with Gasteiger partial charge in [0.1, 0.15) is 11.6 Å². The average molecular weight is 562 g/mol. The van der Waals surface area contributed by atoms with Crippen LogP contribution in [0, 0.1) is 6.92 Å². The van der Waals surface area contributed by atoms with Gasteiger partial charge in [0.25, 0.3) is 0 Å². The average Bonchev–Trinajstić information content (AvgIpc) is 3.26. The molecule has 1 aliphatic heterocycles. The first kappa shape index (κ1) is 24.8. The van der Waals surface area contributed by atoms with Crippen LogP contribution < -0.4 is 14.8 Å². The van der Waals surface area contributed by atoms with E-state index < -0.39 is 0 Å². The summed E-state index contributed by atoms with van der Waals surface area (Å²) in [4.78, 5) is 16.0. The van der Waals surface area contributed by atoms with Crippen molar-refractivity contribution in [3.63, 3.8) is 0 Å². The Morgan fingerprint density at radius 2 is 1.88 bits per heavy atom. The van der Waals surface area contributed by atoms with Crippen LogP contribution in [0.1, 0.15) is 29.4 Å². The van der Waals surface area contributed by atoms with Crippen molar-refractivity contribution in [2.45, 2.75) is 33.4 Å². The topological polar surface area (TPSA) is 76.8 Å². The van der Waals surface area contributed by atoms with E-state index in [9.17, 15) is 0 Å². The Balaban J connectivity index is 0.00000306. The Bertz CT molecular complexity index is 1100. The number of benzene rings is 1. The van der Waals surface area contributed by atoms with E-state index in [4.69, 9.17) is 14.5 Å². The molecule has 3 heterocycles. The number of aromatic nitrogens is 3. The van der Waals surface area contributed by atoms with Crippen molar-refractivity contribution in [3.05, 3.63) is 65.4 Å². The fourth-order valence-electron chi connectivity index (χ4n) is 3.93. The molecular formula is C24H31IN6O2. The van der Waals surface area contributed by atoms with Crippen LogP contribution in [0.2, 0.25) is 0 Å². The zero-order valence-corrected chi connectivity index (χ0v) is 21.9. The molecule has 0 aliphatic carbocycles. The summed E-state index contributed by atoms with van der Waals surface area (Å²) in [5.74, 6) is 4.22. The van der Waals surface area contributed by atoms with E-state index in [1.165, 1.54) is 11.1 Å². The second-order valence-electron chi connectivity index (χ2n) is 7.69. The summed E-state index contributed by atoms with van der Waals surface area (Å²) < 4.78 is 12.9. The molecule has 0 bridgehead atoms. The molecule has 0 amide bonds. The number of methoxy groups -OCH3 is 2. The maximum absolute atomic E-state index is 5.49. The van der Waals surface area contributed by atoms with Gasteiger partial charge in [-0.1, -0.05) is 6.07 Å². The monoisotopic (exact) mass is 562 g/mol. The summed E-state index contributed by atoms with van der Waals surface area (Å²) in [5.41, 5.74) is 3.59. The van der Waals surface area contributed by atoms with Crippen LogP contribution >= 0.6 is 24.0 Å². The fourth-order valence-corrected chi connectivity index (χ4v) is 3.93. The second-order valence-corrected chi connectivity index (χ2v) is 7.69. The molecule has 0 radical (unpaired) electrons. The molecule has 3 aromatic rings. The third kappa shape index (κ3) is 5.58. The van der Waals surface area contributed by atoms with Gasteiger partial charge < -0.3 is 19.7 Å². The summed E-state index contributed by atoms with van der Waals surface area (Å²) in [5, 5.41) is 3.43. The number of nitrogens with one attached hydrogen (secondary N) is 1. The van der Waals surface area contributed by atoms with Gasteiger partial charge in [-0.3, -0.25) is 4.57 Å². The number of pyridine rings is 1. The van der Waals surface area contributed by atoms with Crippen molar-refractivity contribution in [3.8, 4) is 17.3 Å². The lowest BCUT2D eigenvalue weighted by molar-refractivity contribution is 0.346. The normalized spacial score (nSPS) is 13.2. The Morgan fingerprint density at radius 3 is 2.48 bits per heavy atom. The molecule has 0 fully saturated rings. The minimum atomic E-state index is 0. The number of aryl methyl sites for hydroxylation is 1. The van der Waals surface area contributed by atoms with Crippen LogP contribution in [0.3, 0.4) is 0 Å². The Kier molecular flexibility index (Phi) is 8.54. The van der Waals surface area contributed by atoms with Gasteiger partial charge >= 0.3 is 0 Å². The van der Waals surface area contributed by atoms with E-state index in [0.29, 0.717) is 6.54 Å². The predicted octanol–water partition coefficient (Wildman–Crippen LogP) is 3.73. The summed E-state index contributed by atoms with van der Waals surface area (Å²) in [6.45, 7) is 7.10. The maximum Gasteiger partial charge on any atom is 0.194 e. The van der Waals surface area contributed by atoms with Crippen LogP contribution in [0.25, 0.3) is 5.82 Å². The molecule has 9 heteroatoms. The number of hydrogen-bond acceptors (Lipinski definition) is 5. The van der Waals surface area contributed by atoms with Crippen molar-refractivity contribution >= 4 is 29.9 Å². The van der Waals surface area contributed by atoms with Crippen LogP contribution in [0.15, 0.2) is 47.8 Å². The highest BCUT2D eigenvalue weighted by Gasteiger charge is 2.21. The Hall–Kier alpha value is -2.82. The summed E-state index contributed by atoms with van der Waals surface area (Å²) in [6.07, 6.45) is 6.50. The fraction of sp³-hybridized carbons (Fsp3) is 0.375. The zero-order valence-electron chi connectivity index (χ0n) is 19.5. The van der Waals surface area contributed by atoms with E-state index in [-0.39, 0.29) is 24.0 Å². The molecule has 1 aliphatic rings. The summed E-state index contributed by atoms with van der Waals surface area (Å²) >= 11 is 0. The minimum absolute atomic E-state index is 0. The number of imidazole rings is 1. The smallest absolute Gasteiger partial charge is 0.194 e. The van der Waals surface area contributed by atoms with E-state index in [2.05, 4.69) is 45.3 Å². The van der Waals surface area contributed by atoms with Gasteiger partial charge in [0.2, 0.25) is 0 Å². The molecule has 2 aromatic heterocycles. The highest BCUT2D eigenvalue weighted by atomic mass is 127. The van der Waals surface area contributed by atoms with Crippen molar-refractivity contribution in [1.82, 2.24) is 24.8 Å². The molecule has 176 valence electrons. The molecule has 33 heavy (non-hydrogen) atoms. The largest absolute Gasteiger partial charge is 0.493 e. The Labute approximate surface area is 212 Å². The lowest BCUT2D eigenvalue weighted by atomic mass is 9.99. The minimum Gasteiger partial charge on any atom is -0.493 e. The molecule has 0 saturated heterocycles. The van der Waals surface area contributed by atoms with E-state index in [0.717, 1.165) is 60.7 Å². The first-order chi connectivity index (χ1) is 15.6. The lowest BCUT2D eigenvalue weighted by Crippen LogP contribution is -2.44. The van der Waals surface area contributed by atoms with Crippen LogP contribution in [-0.4, -0.2) is 52.7 Å². The second kappa shape index (κ2) is 11.4. The molecular weight excluding hydrogens is 531 g/mol. The van der Waals surface area contributed by atoms with Gasteiger partial charge in [0.15, 0.2) is 17.5 Å². The maximum atomic E-state index is 5.49. The molecule has 0 atom stereocenters. The molecule has 0 saturated carbocycles. The van der Waals surface area contributed by atoms with Crippen LogP contribution in [0.5, 0.6) is 11.5 Å². The molecule has 8 nitrogen and oxygen atoms in total. The number of guanidine groups is 1. The van der Waals surface area contributed by atoms with Crippen LogP contribution in [0.4, 0.5) is 0 Å². The first-order valence-electron chi connectivity index (χ1n) is 10.8. The third-order valence-electron chi connectivity index (χ3n) is 5.65. The molecule has 1 aromatic carbocycles. The molecule has 0 unspecified atom stereocenters. The number of halogens is 1. The molecule has 1 N–H and O–H groups in total. The van der Waals surface area contributed by atoms with Crippen molar-refractivity contribution < 1.29 is 9.47 Å². The highest BCUT2D eigenvalue weighted by molar-refractivity contribution is 14.0. The number of aliphatic imine (C=N–C) groups is 1. The summed E-state index contributed by atoms with van der Waals surface area (Å²) in [6, 6.07) is 8.23. The van der Waals surface area contributed by atoms with Crippen molar-refractivity contribution in [2.24, 2.45) is 4.99 Å². The van der Waals surface area contributed by atoms with Gasteiger partial charge in [-0.05, 0) is 55.2 Å². The van der Waals surface area contributed by atoms with Gasteiger partial charge in [-0.25, -0.2) is 15.0 Å². The number of fused-ring (bicyclic) bond motifs is 1. The summed E-state index contributed by atoms with van der Waals surface area (Å²) in [7, 11) is 3.34. The van der Waals surface area contributed by atoms with Crippen molar-refractivity contribution in [2.75, 3.05) is 27.3 Å². The zero-order chi connectivity index (χ0) is 22.5. The van der Waals surface area contributed by atoms with E-state index >= 15 is 0 Å². The van der Waals surface area contributed by atoms with Crippen molar-refractivity contribution in [1.29, 1.82) is 0 Å². The van der Waals surface area contributed by atoms with Crippen LogP contribution in [-0.2, 0) is 19.5 Å². The third-order valence-corrected chi connectivity index (χ3v) is 5.65. The van der Waals surface area contributed by atoms with Gasteiger partial charge in [0, 0.05) is 38.2 Å². The molecule has 4 rings (SSSR count). The SMILES string of the molecule is CCNC(=NCc1ccc(-n2ccnc2C)nc1)N1CCc2cc(OC)c(OC)cc2C1.I. The first-order valence-corrected chi connectivity index (χ1v) is 10.8. The van der Waals surface area contributed by atoms with Gasteiger partial charge in [-0.2, -0.15) is 0 Å². The number of nitrogens with zero attached hydrogens (tertiary/aromatic N) is 5. The van der Waals surface area contributed by atoms with E-state index in [1.54, 1.807) is 20.4 Å². The molecule has 0 spiro atoms. The lowest BCUT2D eigenvalue weighted by Gasteiger charge is -2.32. The van der Waals surface area contributed by atoms with Gasteiger partial charge in [0.05, 0.1) is 20.8 Å². The predicted molar refractivity (Wildman–Crippen MR) is 140 cm³/mol. The highest BCUT2D eigenvalue weighted by Crippen LogP contribution is 2.33. The number of rotatable bonds is 6. The van der Waals surface area contributed by atoms with E-state index in [1.807, 2.05) is 30.0 Å². The number of ether oxygens (including phenoxy) is 2. The quantitative estimate of drug-likeness (QED) is 0.281. The number of hydrogen-bond donors (Lipinski definition) is 1. The Morgan fingerprint density at radius 1 is 1.12 bits per heavy atom. The standard InChI is InChI=1S/C24H30N6O2.HI/c1-5-25-24(28-15-18-6-7-23(27-14-18)30-11-9-26-17(30)2)29-10-8-19-12-21(31-3)22(32-4)13-20(19)16-29;/h6-7,9,11-14H,5,8,10,15-16H2,1-4H3,(H,25,28);1H. The van der Waals surface area contributed by atoms with Gasteiger partial charge in [-0.15, -0.1) is 24.0 Å².